The van der Waals surface area contributed by atoms with Crippen LogP contribution in [-0.4, -0.2) is 29.0 Å². The SMILES string of the molecule is CC1CCc2nc(CN3CC(C)C(N)C3)sc2C1. The second kappa shape index (κ2) is 4.91. The Hall–Kier alpha value is -0.450. The summed E-state index contributed by atoms with van der Waals surface area (Å²) in [6.07, 6.45) is 3.73. The van der Waals surface area contributed by atoms with Crippen molar-refractivity contribution in [2.45, 2.75) is 45.7 Å². The molecule has 100 valence electrons. The number of hydrogen-bond donors (Lipinski definition) is 1. The number of nitrogens with two attached hydrogens (primary N) is 1. The minimum atomic E-state index is 0.347. The van der Waals surface area contributed by atoms with E-state index in [2.05, 4.69) is 18.7 Å². The van der Waals surface area contributed by atoms with Crippen LogP contribution in [0.4, 0.5) is 0 Å². The molecule has 1 saturated heterocycles. The predicted molar refractivity (Wildman–Crippen MR) is 75.7 cm³/mol. The molecular formula is C14H23N3S. The lowest BCUT2D eigenvalue weighted by Gasteiger charge is -2.15. The van der Waals surface area contributed by atoms with Crippen LogP contribution < -0.4 is 5.73 Å². The van der Waals surface area contributed by atoms with Crippen LogP contribution in [0.25, 0.3) is 0 Å². The summed E-state index contributed by atoms with van der Waals surface area (Å²) >= 11 is 1.93. The van der Waals surface area contributed by atoms with E-state index in [1.807, 2.05) is 11.3 Å². The summed E-state index contributed by atoms with van der Waals surface area (Å²) in [6, 6.07) is 0.347. The lowest BCUT2D eigenvalue weighted by molar-refractivity contribution is 0.318. The molecule has 0 radical (unpaired) electrons. The zero-order chi connectivity index (χ0) is 12.7. The molecule has 1 aliphatic carbocycles. The molecule has 3 unspecified atom stereocenters. The van der Waals surface area contributed by atoms with E-state index in [0.717, 1.165) is 25.6 Å². The molecule has 1 aromatic heterocycles. The molecule has 3 atom stereocenters. The molecular weight excluding hydrogens is 242 g/mol. The maximum Gasteiger partial charge on any atom is 0.107 e. The van der Waals surface area contributed by atoms with Crippen LogP contribution in [0.15, 0.2) is 0 Å². The second-order valence-corrected chi connectivity index (χ2v) is 7.33. The smallest absolute Gasteiger partial charge is 0.107 e. The lowest BCUT2D eigenvalue weighted by atomic mass is 9.93. The first kappa shape index (κ1) is 12.6. The molecule has 0 aromatic carbocycles. The zero-order valence-corrected chi connectivity index (χ0v) is 12.2. The summed E-state index contributed by atoms with van der Waals surface area (Å²) < 4.78 is 0. The van der Waals surface area contributed by atoms with E-state index in [0.29, 0.717) is 12.0 Å². The van der Waals surface area contributed by atoms with Gasteiger partial charge in [-0.05, 0) is 31.1 Å². The summed E-state index contributed by atoms with van der Waals surface area (Å²) in [5.41, 5.74) is 7.46. The molecule has 4 heteroatoms. The number of aryl methyl sites for hydroxylation is 1. The van der Waals surface area contributed by atoms with Gasteiger partial charge < -0.3 is 5.73 Å². The summed E-state index contributed by atoms with van der Waals surface area (Å²) in [5, 5.41) is 1.30. The van der Waals surface area contributed by atoms with E-state index in [4.69, 9.17) is 10.7 Å². The van der Waals surface area contributed by atoms with Crippen LogP contribution >= 0.6 is 11.3 Å². The number of fused-ring (bicyclic) bond motifs is 1. The van der Waals surface area contributed by atoms with Crippen molar-refractivity contribution in [3.8, 4) is 0 Å². The van der Waals surface area contributed by atoms with E-state index in [9.17, 15) is 0 Å². The number of rotatable bonds is 2. The molecule has 3 rings (SSSR count). The van der Waals surface area contributed by atoms with Gasteiger partial charge >= 0.3 is 0 Å². The zero-order valence-electron chi connectivity index (χ0n) is 11.4. The molecule has 1 aromatic rings. The molecule has 3 nitrogen and oxygen atoms in total. The van der Waals surface area contributed by atoms with Crippen LogP contribution in [0.5, 0.6) is 0 Å². The Morgan fingerprint density at radius 3 is 2.94 bits per heavy atom. The monoisotopic (exact) mass is 265 g/mol. The van der Waals surface area contributed by atoms with Crippen molar-refractivity contribution in [3.63, 3.8) is 0 Å². The molecule has 0 amide bonds. The third-order valence-electron chi connectivity index (χ3n) is 4.34. The van der Waals surface area contributed by atoms with Gasteiger partial charge in [0.2, 0.25) is 0 Å². The van der Waals surface area contributed by atoms with Crippen molar-refractivity contribution in [1.82, 2.24) is 9.88 Å². The van der Waals surface area contributed by atoms with Gasteiger partial charge in [0.15, 0.2) is 0 Å². The first-order valence-corrected chi connectivity index (χ1v) is 7.89. The van der Waals surface area contributed by atoms with Crippen LogP contribution in [0.2, 0.25) is 0 Å². The van der Waals surface area contributed by atoms with E-state index < -0.39 is 0 Å². The third-order valence-corrected chi connectivity index (χ3v) is 5.44. The predicted octanol–water partition coefficient (Wildman–Crippen LogP) is 2.05. The average Bonchev–Trinajstić information content (AvgIpc) is 2.82. The fourth-order valence-corrected chi connectivity index (χ4v) is 4.40. The van der Waals surface area contributed by atoms with Gasteiger partial charge in [0.1, 0.15) is 5.01 Å². The Kier molecular flexibility index (Phi) is 3.43. The average molecular weight is 265 g/mol. The van der Waals surface area contributed by atoms with Crippen molar-refractivity contribution in [3.05, 3.63) is 15.6 Å². The van der Waals surface area contributed by atoms with Gasteiger partial charge in [-0.1, -0.05) is 13.8 Å². The van der Waals surface area contributed by atoms with Gasteiger partial charge in [0.05, 0.1) is 12.2 Å². The van der Waals surface area contributed by atoms with E-state index >= 15 is 0 Å². The lowest BCUT2D eigenvalue weighted by Crippen LogP contribution is -2.28. The van der Waals surface area contributed by atoms with Gasteiger partial charge in [0.25, 0.3) is 0 Å². The van der Waals surface area contributed by atoms with Gasteiger partial charge in [-0.2, -0.15) is 0 Å². The summed E-state index contributed by atoms with van der Waals surface area (Å²) in [7, 11) is 0. The fraction of sp³-hybridized carbons (Fsp3) is 0.786. The quantitative estimate of drug-likeness (QED) is 0.890. The van der Waals surface area contributed by atoms with Crippen molar-refractivity contribution >= 4 is 11.3 Å². The molecule has 2 heterocycles. The molecule has 1 aliphatic heterocycles. The Morgan fingerprint density at radius 2 is 2.22 bits per heavy atom. The highest BCUT2D eigenvalue weighted by atomic mass is 32.1. The number of nitrogens with zero attached hydrogens (tertiary/aromatic N) is 2. The van der Waals surface area contributed by atoms with Crippen LogP contribution in [0.3, 0.4) is 0 Å². The second-order valence-electron chi connectivity index (χ2n) is 6.16. The van der Waals surface area contributed by atoms with Crippen molar-refractivity contribution in [2.24, 2.45) is 17.6 Å². The van der Waals surface area contributed by atoms with Gasteiger partial charge in [-0.3, -0.25) is 4.90 Å². The highest BCUT2D eigenvalue weighted by Crippen LogP contribution is 2.30. The third kappa shape index (κ3) is 2.46. The van der Waals surface area contributed by atoms with Gasteiger partial charge in [-0.25, -0.2) is 4.98 Å². The first-order valence-electron chi connectivity index (χ1n) is 7.07. The first-order chi connectivity index (χ1) is 8.61. The Balaban J connectivity index is 1.67. The Bertz CT molecular complexity index is 419. The maximum absolute atomic E-state index is 6.08. The standard InChI is InChI=1S/C14H23N3S/c1-9-3-4-12-13(5-9)18-14(16-12)8-17-6-10(2)11(15)7-17/h9-11H,3-8,15H2,1-2H3. The molecule has 2 N–H and O–H groups in total. The Labute approximate surface area is 113 Å². The van der Waals surface area contributed by atoms with Gasteiger partial charge in [-0.15, -0.1) is 11.3 Å². The van der Waals surface area contributed by atoms with Crippen molar-refractivity contribution in [1.29, 1.82) is 0 Å². The van der Waals surface area contributed by atoms with Crippen molar-refractivity contribution in [2.75, 3.05) is 13.1 Å². The minimum Gasteiger partial charge on any atom is -0.326 e. The van der Waals surface area contributed by atoms with Crippen LogP contribution in [0, 0.1) is 11.8 Å². The molecule has 0 bridgehead atoms. The number of likely N-dealkylation sites (tertiary alicyclic amines) is 1. The molecule has 1 fully saturated rings. The summed E-state index contributed by atoms with van der Waals surface area (Å²) in [4.78, 5) is 8.84. The fourth-order valence-electron chi connectivity index (χ4n) is 3.08. The van der Waals surface area contributed by atoms with Crippen LogP contribution in [-0.2, 0) is 19.4 Å². The largest absolute Gasteiger partial charge is 0.326 e. The number of hydrogen-bond acceptors (Lipinski definition) is 4. The maximum atomic E-state index is 6.08. The van der Waals surface area contributed by atoms with E-state index in [1.54, 1.807) is 4.88 Å². The number of aromatic nitrogens is 1. The molecule has 0 spiro atoms. The molecule has 2 aliphatic rings. The highest BCUT2D eigenvalue weighted by molar-refractivity contribution is 7.11. The molecule has 0 saturated carbocycles. The van der Waals surface area contributed by atoms with E-state index in [1.165, 1.54) is 30.0 Å². The Morgan fingerprint density at radius 1 is 1.39 bits per heavy atom. The minimum absolute atomic E-state index is 0.347. The number of thiazole rings is 1. The van der Waals surface area contributed by atoms with Gasteiger partial charge in [0, 0.05) is 24.0 Å². The highest BCUT2D eigenvalue weighted by Gasteiger charge is 2.28. The topological polar surface area (TPSA) is 42.2 Å². The normalized spacial score (nSPS) is 32.7. The van der Waals surface area contributed by atoms with Crippen molar-refractivity contribution < 1.29 is 0 Å². The van der Waals surface area contributed by atoms with E-state index in [-0.39, 0.29) is 0 Å². The molecule has 18 heavy (non-hydrogen) atoms. The van der Waals surface area contributed by atoms with Crippen LogP contribution in [0.1, 0.15) is 35.8 Å². The summed E-state index contributed by atoms with van der Waals surface area (Å²) in [5.74, 6) is 1.46. The summed E-state index contributed by atoms with van der Waals surface area (Å²) in [6.45, 7) is 7.76.